The van der Waals surface area contributed by atoms with Crippen LogP contribution in [0.3, 0.4) is 0 Å². The Bertz CT molecular complexity index is 793. The number of hydrogen-bond donors (Lipinski definition) is 0. The Morgan fingerprint density at radius 1 is 1.17 bits per heavy atom. The quantitative estimate of drug-likeness (QED) is 0.640. The topological polar surface area (TPSA) is 91.4 Å². The lowest BCUT2D eigenvalue weighted by Crippen LogP contribution is -2.53. The summed E-state index contributed by atoms with van der Waals surface area (Å²) >= 11 is 0. The van der Waals surface area contributed by atoms with Crippen LogP contribution in [0.4, 0.5) is 0 Å². The molecule has 2 heterocycles. The second kappa shape index (κ2) is 8.71. The zero-order valence-electron chi connectivity index (χ0n) is 17.2. The van der Waals surface area contributed by atoms with E-state index in [1.165, 1.54) is 7.11 Å². The highest BCUT2D eigenvalue weighted by atomic mass is 16.6. The lowest BCUT2D eigenvalue weighted by atomic mass is 9.79. The lowest BCUT2D eigenvalue weighted by Gasteiger charge is -2.40. The maximum Gasteiger partial charge on any atom is 0.331 e. The Hall–Kier alpha value is -2.77. The van der Waals surface area contributed by atoms with E-state index < -0.39 is 18.2 Å². The number of amides is 1. The van der Waals surface area contributed by atoms with Crippen LogP contribution in [-0.4, -0.2) is 56.3 Å². The number of hydrogen-bond acceptors (Lipinski definition) is 7. The first-order valence-corrected chi connectivity index (χ1v) is 9.72. The van der Waals surface area contributed by atoms with Gasteiger partial charge in [0.2, 0.25) is 5.91 Å². The molecule has 8 nitrogen and oxygen atoms in total. The van der Waals surface area contributed by atoms with Gasteiger partial charge in [-0.05, 0) is 30.0 Å². The number of nitrogens with zero attached hydrogens (tertiary/aromatic N) is 1. The van der Waals surface area contributed by atoms with Crippen molar-refractivity contribution >= 4 is 17.8 Å². The SMILES string of the molecule is CC[C@@H]1[C@@H](CC(=O)OC)CC(=O)N2[C@@H](Cc3ccc(OC)c(OC)c3)C(=O)O[C@@H]12. The minimum absolute atomic E-state index is 0.105. The molecule has 2 aliphatic heterocycles. The highest BCUT2D eigenvalue weighted by Gasteiger charge is 2.53. The summed E-state index contributed by atoms with van der Waals surface area (Å²) < 4.78 is 21.0. The molecule has 0 spiro atoms. The molecule has 2 fully saturated rings. The maximum atomic E-state index is 12.9. The number of ether oxygens (including phenoxy) is 4. The first kappa shape index (κ1) is 21.0. The normalized spacial score (nSPS) is 26.0. The van der Waals surface area contributed by atoms with Crippen LogP contribution in [0.15, 0.2) is 18.2 Å². The van der Waals surface area contributed by atoms with Crippen molar-refractivity contribution in [3.63, 3.8) is 0 Å². The van der Waals surface area contributed by atoms with Crippen molar-refractivity contribution in [1.82, 2.24) is 4.90 Å². The van der Waals surface area contributed by atoms with Gasteiger partial charge in [-0.1, -0.05) is 13.0 Å². The van der Waals surface area contributed by atoms with Crippen LogP contribution in [0.5, 0.6) is 11.5 Å². The summed E-state index contributed by atoms with van der Waals surface area (Å²) in [6.45, 7) is 1.97. The van der Waals surface area contributed by atoms with Gasteiger partial charge in [0.25, 0.3) is 0 Å². The van der Waals surface area contributed by atoms with Gasteiger partial charge in [0, 0.05) is 25.2 Å². The monoisotopic (exact) mass is 405 g/mol. The van der Waals surface area contributed by atoms with Gasteiger partial charge in [-0.2, -0.15) is 0 Å². The summed E-state index contributed by atoms with van der Waals surface area (Å²) in [7, 11) is 4.43. The molecule has 0 saturated carbocycles. The maximum absolute atomic E-state index is 12.9. The van der Waals surface area contributed by atoms with E-state index in [9.17, 15) is 14.4 Å². The van der Waals surface area contributed by atoms with Crippen LogP contribution < -0.4 is 9.47 Å². The molecule has 29 heavy (non-hydrogen) atoms. The average Bonchev–Trinajstić information content (AvgIpc) is 3.04. The van der Waals surface area contributed by atoms with Gasteiger partial charge in [0.05, 0.1) is 21.3 Å². The second-order valence-electron chi connectivity index (χ2n) is 7.35. The Morgan fingerprint density at radius 3 is 2.52 bits per heavy atom. The fraction of sp³-hybridized carbons (Fsp3) is 0.571. The van der Waals surface area contributed by atoms with Crippen LogP contribution >= 0.6 is 0 Å². The van der Waals surface area contributed by atoms with E-state index in [-0.39, 0.29) is 36.6 Å². The van der Waals surface area contributed by atoms with E-state index >= 15 is 0 Å². The first-order chi connectivity index (χ1) is 13.9. The van der Waals surface area contributed by atoms with Crippen molar-refractivity contribution in [2.45, 2.75) is 44.9 Å². The molecule has 0 bridgehead atoms. The molecule has 2 saturated heterocycles. The molecular formula is C21H27NO7. The second-order valence-corrected chi connectivity index (χ2v) is 7.35. The van der Waals surface area contributed by atoms with Crippen LogP contribution in [0.1, 0.15) is 31.7 Å². The summed E-state index contributed by atoms with van der Waals surface area (Å²) in [6, 6.07) is 4.71. The van der Waals surface area contributed by atoms with Crippen molar-refractivity contribution in [2.75, 3.05) is 21.3 Å². The van der Waals surface area contributed by atoms with Gasteiger partial charge in [0.15, 0.2) is 17.7 Å². The number of carbonyl (C=O) groups is 3. The molecule has 4 atom stereocenters. The van der Waals surface area contributed by atoms with Crippen molar-refractivity contribution in [1.29, 1.82) is 0 Å². The van der Waals surface area contributed by atoms with E-state index in [1.54, 1.807) is 31.3 Å². The van der Waals surface area contributed by atoms with Gasteiger partial charge in [-0.15, -0.1) is 0 Å². The zero-order valence-corrected chi connectivity index (χ0v) is 17.2. The van der Waals surface area contributed by atoms with Gasteiger partial charge in [-0.25, -0.2) is 4.79 Å². The van der Waals surface area contributed by atoms with Gasteiger partial charge in [0.1, 0.15) is 6.04 Å². The van der Waals surface area contributed by atoms with Crippen molar-refractivity contribution < 1.29 is 33.3 Å². The van der Waals surface area contributed by atoms with Crippen molar-refractivity contribution in [3.8, 4) is 11.5 Å². The minimum Gasteiger partial charge on any atom is -0.493 e. The molecule has 0 unspecified atom stereocenters. The Morgan fingerprint density at radius 2 is 1.90 bits per heavy atom. The Labute approximate surface area is 170 Å². The molecule has 1 aromatic carbocycles. The third kappa shape index (κ3) is 4.02. The summed E-state index contributed by atoms with van der Waals surface area (Å²) in [6.07, 6.45) is 0.701. The lowest BCUT2D eigenvalue weighted by molar-refractivity contribution is -0.159. The third-order valence-corrected chi connectivity index (χ3v) is 5.82. The number of fused-ring (bicyclic) bond motifs is 1. The smallest absolute Gasteiger partial charge is 0.331 e. The van der Waals surface area contributed by atoms with Crippen LogP contribution in [0.25, 0.3) is 0 Å². The molecule has 3 rings (SSSR count). The predicted octanol–water partition coefficient (Wildman–Crippen LogP) is 1.94. The summed E-state index contributed by atoms with van der Waals surface area (Å²) in [5, 5.41) is 0. The fourth-order valence-electron chi connectivity index (χ4n) is 4.34. The predicted molar refractivity (Wildman–Crippen MR) is 102 cm³/mol. The van der Waals surface area contributed by atoms with E-state index in [4.69, 9.17) is 18.9 Å². The van der Waals surface area contributed by atoms with Crippen LogP contribution in [0, 0.1) is 11.8 Å². The average molecular weight is 405 g/mol. The third-order valence-electron chi connectivity index (χ3n) is 5.82. The van der Waals surface area contributed by atoms with E-state index in [1.807, 2.05) is 13.0 Å². The standard InChI is InChI=1S/C21H27NO7/c1-5-14-13(11-19(24)28-4)10-18(23)22-15(21(25)29-20(14)22)8-12-6-7-16(26-2)17(9-12)27-3/h6-7,9,13-15,20H,5,8,10-11H2,1-4H3/t13-,14-,15+,20+/m1/s1. The molecule has 2 aliphatic rings. The molecule has 1 amide bonds. The molecule has 0 radical (unpaired) electrons. The number of benzene rings is 1. The summed E-state index contributed by atoms with van der Waals surface area (Å²) in [5.41, 5.74) is 0.836. The fourth-order valence-corrected chi connectivity index (χ4v) is 4.34. The van der Waals surface area contributed by atoms with Crippen LogP contribution in [-0.2, 0) is 30.3 Å². The number of rotatable bonds is 7. The highest BCUT2D eigenvalue weighted by molar-refractivity contribution is 5.89. The largest absolute Gasteiger partial charge is 0.493 e. The molecule has 1 aromatic rings. The number of esters is 2. The molecule has 0 N–H and O–H groups in total. The molecule has 8 heteroatoms. The van der Waals surface area contributed by atoms with Crippen molar-refractivity contribution in [3.05, 3.63) is 23.8 Å². The first-order valence-electron chi connectivity index (χ1n) is 9.72. The van der Waals surface area contributed by atoms with E-state index in [0.29, 0.717) is 24.3 Å². The Balaban J connectivity index is 1.82. The molecule has 158 valence electrons. The number of carbonyl (C=O) groups excluding carboxylic acids is 3. The summed E-state index contributed by atoms with van der Waals surface area (Å²) in [5.74, 6) is -0.113. The molecular weight excluding hydrogens is 378 g/mol. The number of methoxy groups -OCH3 is 3. The number of piperidine rings is 1. The molecule has 0 aliphatic carbocycles. The van der Waals surface area contributed by atoms with Gasteiger partial charge in [-0.3, -0.25) is 14.5 Å². The van der Waals surface area contributed by atoms with E-state index in [2.05, 4.69) is 0 Å². The molecule has 0 aromatic heterocycles. The van der Waals surface area contributed by atoms with Crippen LogP contribution in [0.2, 0.25) is 0 Å². The Kier molecular flexibility index (Phi) is 6.30. The van der Waals surface area contributed by atoms with E-state index in [0.717, 1.165) is 5.56 Å². The highest BCUT2D eigenvalue weighted by Crippen LogP contribution is 2.40. The summed E-state index contributed by atoms with van der Waals surface area (Å²) in [4.78, 5) is 38.8. The zero-order chi connectivity index (χ0) is 21.1. The minimum atomic E-state index is -0.696. The van der Waals surface area contributed by atoms with Gasteiger partial charge >= 0.3 is 11.9 Å². The van der Waals surface area contributed by atoms with Crippen molar-refractivity contribution in [2.24, 2.45) is 11.8 Å². The van der Waals surface area contributed by atoms with Gasteiger partial charge < -0.3 is 18.9 Å².